The highest BCUT2D eigenvalue weighted by molar-refractivity contribution is 9.10. The van der Waals surface area contributed by atoms with E-state index < -0.39 is 9.84 Å². The second-order valence-electron chi connectivity index (χ2n) is 6.30. The Bertz CT molecular complexity index is 723. The lowest BCUT2D eigenvalue weighted by Crippen LogP contribution is -2.52. The molecule has 0 unspecified atom stereocenters. The number of hydrogen-bond acceptors (Lipinski definition) is 4. The molecule has 0 bridgehead atoms. The van der Waals surface area contributed by atoms with Crippen LogP contribution in [0.4, 0.5) is 0 Å². The van der Waals surface area contributed by atoms with Crippen LogP contribution in [0.25, 0.3) is 6.08 Å². The van der Waals surface area contributed by atoms with E-state index in [2.05, 4.69) is 20.8 Å². The van der Waals surface area contributed by atoms with Crippen LogP contribution in [-0.4, -0.2) is 67.9 Å². The van der Waals surface area contributed by atoms with Crippen LogP contribution in [0, 0.1) is 0 Å². The van der Waals surface area contributed by atoms with Gasteiger partial charge in [0.25, 0.3) is 0 Å². The Balaban J connectivity index is 1.51. The summed E-state index contributed by atoms with van der Waals surface area (Å²) in [4.78, 5) is 16.3. The van der Waals surface area contributed by atoms with Crippen LogP contribution in [0.2, 0.25) is 0 Å². The molecular weight excluding hydrogens is 392 g/mol. The zero-order valence-electron chi connectivity index (χ0n) is 13.4. The molecule has 2 fully saturated rings. The first kappa shape index (κ1) is 17.6. The molecular formula is C17H21BrN2O3S. The summed E-state index contributed by atoms with van der Waals surface area (Å²) in [5.41, 5.74) is 0.987. The Kier molecular flexibility index (Phi) is 5.42. The van der Waals surface area contributed by atoms with Gasteiger partial charge in [-0.3, -0.25) is 9.69 Å². The Hall–Kier alpha value is -1.18. The first-order valence-corrected chi connectivity index (χ1v) is 10.7. The summed E-state index contributed by atoms with van der Waals surface area (Å²) in [7, 11) is -2.85. The third kappa shape index (κ3) is 4.46. The lowest BCUT2D eigenvalue weighted by Gasteiger charge is -2.37. The van der Waals surface area contributed by atoms with Gasteiger partial charge in [0.2, 0.25) is 5.91 Å². The van der Waals surface area contributed by atoms with E-state index in [0.717, 1.165) is 29.5 Å². The molecule has 2 heterocycles. The second-order valence-corrected chi connectivity index (χ2v) is 9.45. The van der Waals surface area contributed by atoms with Crippen molar-refractivity contribution in [2.45, 2.75) is 12.5 Å². The van der Waals surface area contributed by atoms with Gasteiger partial charge in [-0.05, 0) is 30.2 Å². The lowest BCUT2D eigenvalue weighted by atomic mass is 10.2. The van der Waals surface area contributed by atoms with E-state index in [1.165, 1.54) is 0 Å². The van der Waals surface area contributed by atoms with E-state index >= 15 is 0 Å². The van der Waals surface area contributed by atoms with E-state index in [1.807, 2.05) is 35.2 Å². The average Bonchev–Trinajstić information content (AvgIpc) is 2.94. The monoisotopic (exact) mass is 412 g/mol. The molecule has 24 heavy (non-hydrogen) atoms. The Morgan fingerprint density at radius 2 is 1.79 bits per heavy atom. The van der Waals surface area contributed by atoms with Crippen LogP contribution >= 0.6 is 15.9 Å². The van der Waals surface area contributed by atoms with Gasteiger partial charge in [-0.15, -0.1) is 0 Å². The first-order valence-electron chi connectivity index (χ1n) is 8.10. The summed E-state index contributed by atoms with van der Waals surface area (Å²) in [5.74, 6) is 0.577. The number of nitrogens with zero attached hydrogens (tertiary/aromatic N) is 2. The summed E-state index contributed by atoms with van der Waals surface area (Å²) in [6.07, 6.45) is 4.16. The molecule has 0 saturated carbocycles. The van der Waals surface area contributed by atoms with Gasteiger partial charge in [0, 0.05) is 42.8 Å². The molecule has 130 valence electrons. The van der Waals surface area contributed by atoms with Gasteiger partial charge < -0.3 is 4.90 Å². The predicted octanol–water partition coefficient (Wildman–Crippen LogP) is 1.79. The quantitative estimate of drug-likeness (QED) is 0.710. The van der Waals surface area contributed by atoms with Crippen LogP contribution in [0.3, 0.4) is 0 Å². The fraction of sp³-hybridized carbons (Fsp3) is 0.471. The smallest absolute Gasteiger partial charge is 0.246 e. The molecule has 2 aliphatic rings. The highest BCUT2D eigenvalue weighted by atomic mass is 79.9. The van der Waals surface area contributed by atoms with Crippen molar-refractivity contribution in [2.24, 2.45) is 0 Å². The number of hydrogen-bond donors (Lipinski definition) is 0. The predicted molar refractivity (Wildman–Crippen MR) is 98.4 cm³/mol. The molecule has 2 aliphatic heterocycles. The highest BCUT2D eigenvalue weighted by Gasteiger charge is 2.34. The number of carbonyl (C=O) groups excluding carboxylic acids is 1. The van der Waals surface area contributed by atoms with Crippen molar-refractivity contribution in [2.75, 3.05) is 37.7 Å². The average molecular weight is 413 g/mol. The van der Waals surface area contributed by atoms with Gasteiger partial charge in [-0.1, -0.05) is 28.1 Å². The summed E-state index contributed by atoms with van der Waals surface area (Å²) in [6.45, 7) is 2.80. The minimum atomic E-state index is -2.85. The molecule has 7 heteroatoms. The van der Waals surface area contributed by atoms with Crippen LogP contribution in [-0.2, 0) is 14.6 Å². The summed E-state index contributed by atoms with van der Waals surface area (Å²) in [5, 5.41) is 0. The zero-order valence-corrected chi connectivity index (χ0v) is 15.8. The third-order valence-electron chi connectivity index (χ3n) is 4.64. The summed E-state index contributed by atoms with van der Waals surface area (Å²) >= 11 is 3.39. The molecule has 3 rings (SSSR count). The summed E-state index contributed by atoms with van der Waals surface area (Å²) in [6, 6.07) is 7.92. The molecule has 1 amide bonds. The van der Waals surface area contributed by atoms with Crippen molar-refractivity contribution < 1.29 is 13.2 Å². The van der Waals surface area contributed by atoms with E-state index in [1.54, 1.807) is 6.08 Å². The van der Waals surface area contributed by atoms with Crippen molar-refractivity contribution in [1.29, 1.82) is 0 Å². The fourth-order valence-electron chi connectivity index (χ4n) is 3.22. The third-order valence-corrected chi connectivity index (χ3v) is 6.92. The minimum absolute atomic E-state index is 0.0108. The normalized spacial score (nSPS) is 24.5. The summed E-state index contributed by atoms with van der Waals surface area (Å²) < 4.78 is 24.2. The molecule has 0 N–H and O–H groups in total. The maximum absolute atomic E-state index is 12.3. The first-order chi connectivity index (χ1) is 11.4. The topological polar surface area (TPSA) is 57.7 Å². The number of amides is 1. The number of rotatable bonds is 3. The SMILES string of the molecule is O=C(/C=C/c1ccc(Br)cc1)N1CCN([C@@H]2CCS(=O)(=O)C2)CC1. The maximum Gasteiger partial charge on any atom is 0.246 e. The number of piperazine rings is 1. The van der Waals surface area contributed by atoms with Crippen LogP contribution in [0.1, 0.15) is 12.0 Å². The molecule has 1 aromatic rings. The number of carbonyl (C=O) groups is 1. The molecule has 0 aromatic heterocycles. The van der Waals surface area contributed by atoms with Crippen molar-refractivity contribution in [3.05, 3.63) is 40.4 Å². The van der Waals surface area contributed by atoms with Gasteiger partial charge in [0.1, 0.15) is 0 Å². The Morgan fingerprint density at radius 1 is 1.12 bits per heavy atom. The lowest BCUT2D eigenvalue weighted by molar-refractivity contribution is -0.127. The Morgan fingerprint density at radius 3 is 2.38 bits per heavy atom. The van der Waals surface area contributed by atoms with Gasteiger partial charge in [0.15, 0.2) is 9.84 Å². The van der Waals surface area contributed by atoms with E-state index in [9.17, 15) is 13.2 Å². The van der Waals surface area contributed by atoms with Gasteiger partial charge in [0.05, 0.1) is 11.5 Å². The molecule has 0 aliphatic carbocycles. The van der Waals surface area contributed by atoms with Crippen LogP contribution < -0.4 is 0 Å². The number of benzene rings is 1. The zero-order chi connectivity index (χ0) is 17.2. The van der Waals surface area contributed by atoms with E-state index in [4.69, 9.17) is 0 Å². The standard InChI is InChI=1S/C17H21BrN2O3S/c18-15-4-1-14(2-5-15)3-6-17(21)20-10-8-19(9-11-20)16-7-12-24(22,23)13-16/h1-6,16H,7-13H2/b6-3+/t16-/m1/s1. The largest absolute Gasteiger partial charge is 0.337 e. The van der Waals surface area contributed by atoms with Crippen molar-refractivity contribution in [1.82, 2.24) is 9.80 Å². The van der Waals surface area contributed by atoms with Gasteiger partial charge >= 0.3 is 0 Å². The highest BCUT2D eigenvalue weighted by Crippen LogP contribution is 2.19. The van der Waals surface area contributed by atoms with Crippen molar-refractivity contribution in [3.63, 3.8) is 0 Å². The van der Waals surface area contributed by atoms with Crippen molar-refractivity contribution in [3.8, 4) is 0 Å². The van der Waals surface area contributed by atoms with Crippen LogP contribution in [0.15, 0.2) is 34.8 Å². The van der Waals surface area contributed by atoms with Gasteiger partial charge in [-0.25, -0.2) is 8.42 Å². The molecule has 5 nitrogen and oxygen atoms in total. The molecule has 0 radical (unpaired) electrons. The number of sulfone groups is 1. The van der Waals surface area contributed by atoms with Crippen LogP contribution in [0.5, 0.6) is 0 Å². The molecule has 2 saturated heterocycles. The van der Waals surface area contributed by atoms with Crippen molar-refractivity contribution >= 4 is 37.8 Å². The van der Waals surface area contributed by atoms with E-state index in [-0.39, 0.29) is 17.7 Å². The molecule has 0 spiro atoms. The second kappa shape index (κ2) is 7.37. The molecule has 1 atom stereocenters. The fourth-order valence-corrected chi connectivity index (χ4v) is 5.24. The number of halogens is 1. The maximum atomic E-state index is 12.3. The van der Waals surface area contributed by atoms with E-state index in [0.29, 0.717) is 18.8 Å². The Labute approximate surface area is 151 Å². The minimum Gasteiger partial charge on any atom is -0.337 e. The van der Waals surface area contributed by atoms with Gasteiger partial charge in [-0.2, -0.15) is 0 Å². The molecule has 1 aromatic carbocycles.